The molecule has 0 amide bonds. The Morgan fingerprint density at radius 1 is 1.33 bits per heavy atom. The Morgan fingerprint density at radius 2 is 2.11 bits per heavy atom. The number of pyridine rings is 1. The van der Waals surface area contributed by atoms with E-state index in [0.29, 0.717) is 6.61 Å². The fourth-order valence-corrected chi connectivity index (χ4v) is 1.63. The Balaban J connectivity index is 1.73. The van der Waals surface area contributed by atoms with Gasteiger partial charge in [0.1, 0.15) is 0 Å². The highest BCUT2D eigenvalue weighted by Gasteiger charge is 2.21. The number of ether oxygens (including phenoxy) is 1. The van der Waals surface area contributed by atoms with Gasteiger partial charge >= 0.3 is 0 Å². The van der Waals surface area contributed by atoms with Crippen molar-refractivity contribution in [1.82, 2.24) is 10.3 Å². The maximum Gasteiger partial charge on any atom is 0.0887 e. The Labute approximate surface area is 110 Å². The van der Waals surface area contributed by atoms with Crippen molar-refractivity contribution in [3.8, 4) is 0 Å². The predicted molar refractivity (Wildman–Crippen MR) is 73.2 cm³/mol. The topological polar surface area (TPSA) is 34.1 Å². The van der Waals surface area contributed by atoms with Gasteiger partial charge in [-0.05, 0) is 51.2 Å². The summed E-state index contributed by atoms with van der Waals surface area (Å²) in [5, 5.41) is 3.45. The first-order valence-corrected chi connectivity index (χ1v) is 6.79. The van der Waals surface area contributed by atoms with Gasteiger partial charge in [-0.25, -0.2) is 0 Å². The second-order valence-corrected chi connectivity index (χ2v) is 6.22. The first kappa shape index (κ1) is 13.5. The van der Waals surface area contributed by atoms with E-state index < -0.39 is 0 Å². The smallest absolute Gasteiger partial charge is 0.0887 e. The van der Waals surface area contributed by atoms with E-state index in [4.69, 9.17) is 4.74 Å². The van der Waals surface area contributed by atoms with Crippen LogP contribution < -0.4 is 5.32 Å². The van der Waals surface area contributed by atoms with Crippen molar-refractivity contribution in [2.45, 2.75) is 52.3 Å². The van der Waals surface area contributed by atoms with Gasteiger partial charge in [0, 0.05) is 24.9 Å². The lowest BCUT2D eigenvalue weighted by atomic mass is 10.1. The van der Waals surface area contributed by atoms with Crippen LogP contribution in [-0.2, 0) is 17.9 Å². The minimum absolute atomic E-state index is 0.145. The van der Waals surface area contributed by atoms with Crippen LogP contribution in [-0.4, -0.2) is 17.1 Å². The molecule has 0 unspecified atom stereocenters. The second-order valence-electron chi connectivity index (χ2n) is 6.22. The molecule has 2 rings (SSSR count). The van der Waals surface area contributed by atoms with E-state index in [9.17, 15) is 0 Å². The third kappa shape index (κ3) is 5.15. The van der Waals surface area contributed by atoms with Gasteiger partial charge in [0.25, 0.3) is 0 Å². The van der Waals surface area contributed by atoms with Gasteiger partial charge in [0.05, 0.1) is 12.3 Å². The zero-order valence-corrected chi connectivity index (χ0v) is 11.7. The van der Waals surface area contributed by atoms with E-state index in [1.165, 1.54) is 18.4 Å². The summed E-state index contributed by atoms with van der Waals surface area (Å²) < 4.78 is 5.62. The Bertz CT molecular complexity index is 363. The molecule has 0 radical (unpaired) electrons. The first-order chi connectivity index (χ1) is 8.53. The van der Waals surface area contributed by atoms with E-state index in [0.717, 1.165) is 24.8 Å². The Hall–Kier alpha value is -0.930. The van der Waals surface area contributed by atoms with Gasteiger partial charge in [-0.15, -0.1) is 0 Å². The lowest BCUT2D eigenvalue weighted by molar-refractivity contribution is 0.109. The van der Waals surface area contributed by atoms with Crippen molar-refractivity contribution in [3.05, 3.63) is 29.6 Å². The molecule has 3 nitrogen and oxygen atoms in total. The molecule has 1 aromatic heterocycles. The van der Waals surface area contributed by atoms with Gasteiger partial charge in [-0.1, -0.05) is 6.07 Å². The van der Waals surface area contributed by atoms with E-state index >= 15 is 0 Å². The van der Waals surface area contributed by atoms with Crippen molar-refractivity contribution >= 4 is 0 Å². The van der Waals surface area contributed by atoms with E-state index in [2.05, 4.69) is 43.2 Å². The number of nitrogens with one attached hydrogen (secondary N) is 1. The first-order valence-electron chi connectivity index (χ1n) is 6.79. The van der Waals surface area contributed by atoms with Crippen molar-refractivity contribution < 1.29 is 4.74 Å². The summed E-state index contributed by atoms with van der Waals surface area (Å²) in [4.78, 5) is 4.43. The molecule has 1 heterocycles. The summed E-state index contributed by atoms with van der Waals surface area (Å²) in [5.41, 5.74) is 2.39. The molecule has 1 saturated carbocycles. The van der Waals surface area contributed by atoms with Crippen LogP contribution in [0.1, 0.15) is 44.9 Å². The van der Waals surface area contributed by atoms with Crippen LogP contribution in [0.2, 0.25) is 0 Å². The number of hydrogen-bond donors (Lipinski definition) is 1. The monoisotopic (exact) mass is 248 g/mol. The van der Waals surface area contributed by atoms with Crippen molar-refractivity contribution in [2.24, 2.45) is 5.92 Å². The molecule has 0 aromatic carbocycles. The summed E-state index contributed by atoms with van der Waals surface area (Å²) in [5.74, 6) is 0.820. The molecule has 1 aliphatic rings. The van der Waals surface area contributed by atoms with Crippen LogP contribution in [0.4, 0.5) is 0 Å². The van der Waals surface area contributed by atoms with Crippen LogP contribution in [0, 0.1) is 5.92 Å². The molecule has 0 atom stereocenters. The molecular weight excluding hydrogens is 224 g/mol. The maximum atomic E-state index is 5.62. The van der Waals surface area contributed by atoms with Crippen LogP contribution in [0.25, 0.3) is 0 Å². The predicted octanol–water partition coefficient (Wildman–Crippen LogP) is 2.90. The Kier molecular flexibility index (Phi) is 4.36. The molecule has 0 aliphatic heterocycles. The molecule has 1 fully saturated rings. The standard InChI is InChI=1S/C15H24N2O/c1-15(2,3)17-9-13-6-7-14(16-8-13)11-18-10-12-4-5-12/h6-8,12,17H,4-5,9-11H2,1-3H3. The summed E-state index contributed by atoms with van der Waals surface area (Å²) in [6.07, 6.45) is 4.62. The van der Waals surface area contributed by atoms with E-state index in [-0.39, 0.29) is 5.54 Å². The Morgan fingerprint density at radius 3 is 2.67 bits per heavy atom. The maximum absolute atomic E-state index is 5.62. The van der Waals surface area contributed by atoms with E-state index in [1.54, 1.807) is 0 Å². The molecule has 1 aromatic rings. The van der Waals surface area contributed by atoms with Crippen LogP contribution in [0.15, 0.2) is 18.3 Å². The third-order valence-corrected chi connectivity index (χ3v) is 3.01. The van der Waals surface area contributed by atoms with Gasteiger partial charge in [-0.3, -0.25) is 4.98 Å². The van der Waals surface area contributed by atoms with Crippen molar-refractivity contribution in [3.63, 3.8) is 0 Å². The fraction of sp³-hybridized carbons (Fsp3) is 0.667. The molecule has 0 bridgehead atoms. The zero-order valence-electron chi connectivity index (χ0n) is 11.7. The molecule has 18 heavy (non-hydrogen) atoms. The van der Waals surface area contributed by atoms with Crippen LogP contribution in [0.3, 0.4) is 0 Å². The fourth-order valence-electron chi connectivity index (χ4n) is 1.63. The highest BCUT2D eigenvalue weighted by molar-refractivity contribution is 5.13. The molecule has 0 spiro atoms. The third-order valence-electron chi connectivity index (χ3n) is 3.01. The normalized spacial score (nSPS) is 15.9. The SMILES string of the molecule is CC(C)(C)NCc1ccc(COCC2CC2)nc1. The average molecular weight is 248 g/mol. The lowest BCUT2D eigenvalue weighted by Gasteiger charge is -2.20. The molecule has 1 aliphatic carbocycles. The molecule has 0 saturated heterocycles. The molecule has 3 heteroatoms. The molecule has 100 valence electrons. The van der Waals surface area contributed by atoms with Gasteiger partial charge in [0.15, 0.2) is 0 Å². The molecule has 1 N–H and O–H groups in total. The highest BCUT2D eigenvalue weighted by atomic mass is 16.5. The average Bonchev–Trinajstić information content (AvgIpc) is 3.11. The summed E-state index contributed by atoms with van der Waals surface area (Å²) in [6.45, 7) is 8.90. The van der Waals surface area contributed by atoms with Crippen LogP contribution >= 0.6 is 0 Å². The van der Waals surface area contributed by atoms with Gasteiger partial charge in [-0.2, -0.15) is 0 Å². The lowest BCUT2D eigenvalue weighted by Crippen LogP contribution is -2.35. The quantitative estimate of drug-likeness (QED) is 0.840. The summed E-state index contributed by atoms with van der Waals surface area (Å²) in [7, 11) is 0. The second kappa shape index (κ2) is 5.81. The minimum Gasteiger partial charge on any atom is -0.375 e. The van der Waals surface area contributed by atoms with Crippen molar-refractivity contribution in [2.75, 3.05) is 6.61 Å². The van der Waals surface area contributed by atoms with Gasteiger partial charge in [0.2, 0.25) is 0 Å². The van der Waals surface area contributed by atoms with Crippen molar-refractivity contribution in [1.29, 1.82) is 0 Å². The largest absolute Gasteiger partial charge is 0.375 e. The van der Waals surface area contributed by atoms with E-state index in [1.807, 2.05) is 6.20 Å². The summed E-state index contributed by atoms with van der Waals surface area (Å²) in [6, 6.07) is 4.19. The molecular formula is C15H24N2O. The number of aromatic nitrogens is 1. The number of nitrogens with zero attached hydrogens (tertiary/aromatic N) is 1. The zero-order chi connectivity index (χ0) is 13.0. The van der Waals surface area contributed by atoms with Crippen LogP contribution in [0.5, 0.6) is 0 Å². The van der Waals surface area contributed by atoms with Gasteiger partial charge < -0.3 is 10.1 Å². The number of hydrogen-bond acceptors (Lipinski definition) is 3. The minimum atomic E-state index is 0.145. The number of rotatable bonds is 6. The summed E-state index contributed by atoms with van der Waals surface area (Å²) >= 11 is 0. The highest BCUT2D eigenvalue weighted by Crippen LogP contribution is 2.28.